The Morgan fingerprint density at radius 3 is 2.79 bits per heavy atom. The van der Waals surface area contributed by atoms with Gasteiger partial charge in [0.15, 0.2) is 11.5 Å². The molecule has 19 heavy (non-hydrogen) atoms. The molecular weight excluding hydrogens is 250 g/mol. The molecule has 1 aliphatic rings. The fourth-order valence-corrected chi connectivity index (χ4v) is 1.66. The number of carbonyl (C=O) groups is 2. The van der Waals surface area contributed by atoms with Crippen molar-refractivity contribution in [3.63, 3.8) is 0 Å². The highest BCUT2D eigenvalue weighted by Gasteiger charge is 2.27. The van der Waals surface area contributed by atoms with Crippen LogP contribution in [0.5, 0.6) is 11.5 Å². The van der Waals surface area contributed by atoms with Crippen molar-refractivity contribution in [2.45, 2.75) is 12.5 Å². The van der Waals surface area contributed by atoms with E-state index in [1.54, 1.807) is 6.07 Å². The maximum Gasteiger partial charge on any atom is 0.328 e. The third-order valence-electron chi connectivity index (χ3n) is 2.68. The van der Waals surface area contributed by atoms with Gasteiger partial charge in [0.05, 0.1) is 6.61 Å². The molecule has 1 heterocycles. The van der Waals surface area contributed by atoms with E-state index in [9.17, 15) is 14.7 Å². The quantitative estimate of drug-likeness (QED) is 0.420. The maximum atomic E-state index is 11.6. The summed E-state index contributed by atoms with van der Waals surface area (Å²) in [6.45, 7) is 0.319. The van der Waals surface area contributed by atoms with Crippen molar-refractivity contribution >= 4 is 18.0 Å². The first-order chi connectivity index (χ1) is 9.06. The number of amides is 1. The molecule has 1 fully saturated rings. The number of nitrogens with one attached hydrogen (secondary N) is 1. The van der Waals surface area contributed by atoms with Crippen LogP contribution in [0, 0.1) is 0 Å². The smallest absolute Gasteiger partial charge is 0.328 e. The molecule has 1 aliphatic heterocycles. The first-order valence-corrected chi connectivity index (χ1v) is 5.73. The maximum absolute atomic E-state index is 11.6. The first-order valence-electron chi connectivity index (χ1n) is 5.73. The summed E-state index contributed by atoms with van der Waals surface area (Å²) in [5.74, 6) is -1.34. The highest BCUT2D eigenvalue weighted by Crippen LogP contribution is 2.25. The standard InChI is InChI=1S/C13H13NO5/c15-10-3-1-8(7-11(10)16)2-4-12(17)14-9-5-6-19-13(9)18/h1-4,7,9,15-16H,5-6H2,(H,14,17)/b4-2+/t9-/m0/s1. The van der Waals surface area contributed by atoms with E-state index in [2.05, 4.69) is 5.32 Å². The van der Waals surface area contributed by atoms with Crippen molar-refractivity contribution < 1.29 is 24.5 Å². The van der Waals surface area contributed by atoms with Gasteiger partial charge in [-0.25, -0.2) is 4.79 Å². The van der Waals surface area contributed by atoms with Gasteiger partial charge in [0.2, 0.25) is 5.91 Å². The predicted octanol–water partition coefficient (Wildman–Crippen LogP) is 0.543. The molecule has 6 heteroatoms. The zero-order valence-corrected chi connectivity index (χ0v) is 10.00. The fraction of sp³-hybridized carbons (Fsp3) is 0.231. The number of esters is 1. The number of benzene rings is 1. The number of aromatic hydroxyl groups is 2. The van der Waals surface area contributed by atoms with Crippen LogP contribution in [0.1, 0.15) is 12.0 Å². The van der Waals surface area contributed by atoms with Crippen molar-refractivity contribution in [2.24, 2.45) is 0 Å². The minimum atomic E-state index is -0.592. The molecule has 100 valence electrons. The van der Waals surface area contributed by atoms with Gasteiger partial charge < -0.3 is 20.3 Å². The summed E-state index contributed by atoms with van der Waals surface area (Å²) >= 11 is 0. The molecule has 0 aliphatic carbocycles. The second-order valence-electron chi connectivity index (χ2n) is 4.10. The number of hydrogen-bond donors (Lipinski definition) is 3. The van der Waals surface area contributed by atoms with E-state index in [-0.39, 0.29) is 11.5 Å². The van der Waals surface area contributed by atoms with Gasteiger partial charge in [-0.3, -0.25) is 4.79 Å². The number of cyclic esters (lactones) is 1. The molecule has 1 aromatic carbocycles. The minimum absolute atomic E-state index is 0.227. The van der Waals surface area contributed by atoms with Gasteiger partial charge in [0.25, 0.3) is 0 Å². The molecule has 0 unspecified atom stereocenters. The van der Waals surface area contributed by atoms with E-state index in [1.165, 1.54) is 24.3 Å². The van der Waals surface area contributed by atoms with Gasteiger partial charge in [-0.2, -0.15) is 0 Å². The van der Waals surface area contributed by atoms with Crippen LogP contribution in [0.3, 0.4) is 0 Å². The van der Waals surface area contributed by atoms with Gasteiger partial charge in [0, 0.05) is 12.5 Å². The van der Waals surface area contributed by atoms with E-state index >= 15 is 0 Å². The molecule has 0 radical (unpaired) electrons. The van der Waals surface area contributed by atoms with Crippen LogP contribution in [-0.4, -0.2) is 34.7 Å². The van der Waals surface area contributed by atoms with Crippen molar-refractivity contribution in [3.05, 3.63) is 29.8 Å². The molecule has 2 rings (SSSR count). The lowest BCUT2D eigenvalue weighted by atomic mass is 10.2. The number of carbonyl (C=O) groups excluding carboxylic acids is 2. The molecule has 0 bridgehead atoms. The topological polar surface area (TPSA) is 95.9 Å². The third kappa shape index (κ3) is 3.25. The highest BCUT2D eigenvalue weighted by atomic mass is 16.5. The number of hydrogen-bond acceptors (Lipinski definition) is 5. The second kappa shape index (κ2) is 5.43. The van der Waals surface area contributed by atoms with Gasteiger partial charge in [0.1, 0.15) is 6.04 Å². The van der Waals surface area contributed by atoms with Gasteiger partial charge >= 0.3 is 5.97 Å². The van der Waals surface area contributed by atoms with Gasteiger partial charge in [-0.15, -0.1) is 0 Å². The van der Waals surface area contributed by atoms with Crippen LogP contribution in [0.15, 0.2) is 24.3 Å². The summed E-state index contributed by atoms with van der Waals surface area (Å²) in [5, 5.41) is 20.9. The largest absolute Gasteiger partial charge is 0.504 e. The Kier molecular flexibility index (Phi) is 3.70. The molecule has 6 nitrogen and oxygen atoms in total. The lowest BCUT2D eigenvalue weighted by Crippen LogP contribution is -2.36. The average Bonchev–Trinajstić information content (AvgIpc) is 2.77. The molecule has 3 N–H and O–H groups in total. The Labute approximate surface area is 109 Å². The number of ether oxygens (including phenoxy) is 1. The summed E-state index contributed by atoms with van der Waals surface area (Å²) in [6, 6.07) is 3.60. The van der Waals surface area contributed by atoms with E-state index in [0.717, 1.165) is 0 Å². The van der Waals surface area contributed by atoms with E-state index in [1.807, 2.05) is 0 Å². The van der Waals surface area contributed by atoms with Crippen molar-refractivity contribution in [1.82, 2.24) is 5.32 Å². The molecule has 0 spiro atoms. The zero-order valence-electron chi connectivity index (χ0n) is 10.00. The van der Waals surface area contributed by atoms with Crippen LogP contribution in [-0.2, 0) is 14.3 Å². The predicted molar refractivity (Wildman–Crippen MR) is 66.3 cm³/mol. The van der Waals surface area contributed by atoms with Crippen LogP contribution >= 0.6 is 0 Å². The molecule has 1 atom stereocenters. The average molecular weight is 263 g/mol. The van der Waals surface area contributed by atoms with Crippen molar-refractivity contribution in [2.75, 3.05) is 6.61 Å². The minimum Gasteiger partial charge on any atom is -0.504 e. The Balaban J connectivity index is 1.96. The molecule has 0 saturated carbocycles. The molecule has 0 aromatic heterocycles. The Morgan fingerprint density at radius 2 is 2.16 bits per heavy atom. The molecular formula is C13H13NO5. The summed E-state index contributed by atoms with van der Waals surface area (Å²) in [5.41, 5.74) is 0.555. The van der Waals surface area contributed by atoms with Crippen LogP contribution in [0.4, 0.5) is 0 Å². The Morgan fingerprint density at radius 1 is 1.37 bits per heavy atom. The third-order valence-corrected chi connectivity index (χ3v) is 2.68. The first kappa shape index (κ1) is 12.9. The number of phenolic OH excluding ortho intramolecular Hbond substituents is 2. The fourth-order valence-electron chi connectivity index (χ4n) is 1.66. The summed E-state index contributed by atoms with van der Waals surface area (Å²) in [4.78, 5) is 22.7. The molecule has 1 aromatic rings. The molecule has 1 saturated heterocycles. The van der Waals surface area contributed by atoms with Crippen molar-refractivity contribution in [3.8, 4) is 11.5 Å². The van der Waals surface area contributed by atoms with Crippen LogP contribution in [0.2, 0.25) is 0 Å². The van der Waals surface area contributed by atoms with E-state index < -0.39 is 17.9 Å². The van der Waals surface area contributed by atoms with E-state index in [0.29, 0.717) is 18.6 Å². The zero-order chi connectivity index (χ0) is 13.8. The van der Waals surface area contributed by atoms with Gasteiger partial charge in [-0.1, -0.05) is 6.07 Å². The molecule has 1 amide bonds. The van der Waals surface area contributed by atoms with Crippen molar-refractivity contribution in [1.29, 1.82) is 0 Å². The monoisotopic (exact) mass is 263 g/mol. The summed E-state index contributed by atoms with van der Waals surface area (Å²) < 4.78 is 4.72. The Bertz CT molecular complexity index is 538. The lowest BCUT2D eigenvalue weighted by molar-refractivity contribution is -0.140. The Hall–Kier alpha value is -2.50. The van der Waals surface area contributed by atoms with E-state index in [4.69, 9.17) is 9.84 Å². The number of rotatable bonds is 3. The summed E-state index contributed by atoms with van der Waals surface area (Å²) in [7, 11) is 0. The highest BCUT2D eigenvalue weighted by molar-refractivity contribution is 5.94. The SMILES string of the molecule is O=C(/C=C/c1ccc(O)c(O)c1)N[C@H]1CCOC1=O. The normalized spacial score (nSPS) is 18.5. The van der Waals surface area contributed by atoms with Crippen LogP contribution in [0.25, 0.3) is 6.08 Å². The number of phenols is 2. The van der Waals surface area contributed by atoms with Crippen LogP contribution < -0.4 is 5.32 Å². The summed E-state index contributed by atoms with van der Waals surface area (Å²) in [6.07, 6.45) is 3.19. The lowest BCUT2D eigenvalue weighted by Gasteiger charge is -2.05. The second-order valence-corrected chi connectivity index (χ2v) is 4.10. The van der Waals surface area contributed by atoms with Gasteiger partial charge in [-0.05, 0) is 23.8 Å².